The third kappa shape index (κ3) is 3.65. The zero-order chi connectivity index (χ0) is 17.2. The van der Waals surface area contributed by atoms with Crippen LogP contribution in [-0.4, -0.2) is 10.9 Å². The number of carbonyl (C=O) groups is 1. The molecule has 0 spiro atoms. The number of nitrogens with zero attached hydrogens (tertiary/aromatic N) is 1. The zero-order valence-corrected chi connectivity index (χ0v) is 11.8. The molecule has 2 aromatic rings. The largest absolute Gasteiger partial charge is 0.422 e. The van der Waals surface area contributed by atoms with Gasteiger partial charge in [-0.25, -0.2) is 4.79 Å². The lowest BCUT2D eigenvalue weighted by molar-refractivity contribution is -0.384. The van der Waals surface area contributed by atoms with Gasteiger partial charge in [-0.3, -0.25) is 10.1 Å². The number of para-hydroxylation sites is 1. The van der Waals surface area contributed by atoms with Gasteiger partial charge in [-0.2, -0.15) is 13.2 Å². The minimum atomic E-state index is -4.69. The van der Waals surface area contributed by atoms with E-state index in [1.807, 2.05) is 0 Å². The lowest BCUT2D eigenvalue weighted by atomic mass is 10.1. The van der Waals surface area contributed by atoms with Gasteiger partial charge in [-0.15, -0.1) is 0 Å². The van der Waals surface area contributed by atoms with Crippen molar-refractivity contribution in [2.75, 3.05) is 0 Å². The average Bonchev–Trinajstić information content (AvgIpc) is 2.46. The van der Waals surface area contributed by atoms with Gasteiger partial charge in [0, 0.05) is 12.1 Å². The van der Waals surface area contributed by atoms with Crippen LogP contribution in [0.3, 0.4) is 0 Å². The van der Waals surface area contributed by atoms with Crippen molar-refractivity contribution in [1.82, 2.24) is 0 Å². The van der Waals surface area contributed by atoms with Gasteiger partial charge < -0.3 is 4.74 Å². The molecule has 0 atom stereocenters. The topological polar surface area (TPSA) is 69.4 Å². The Labute approximate surface area is 128 Å². The highest BCUT2D eigenvalue weighted by atomic mass is 19.4. The molecule has 120 valence electrons. The van der Waals surface area contributed by atoms with Gasteiger partial charge in [0.05, 0.1) is 16.1 Å². The molecule has 0 bridgehead atoms. The fourth-order valence-corrected chi connectivity index (χ4v) is 1.89. The number of halogens is 3. The summed E-state index contributed by atoms with van der Waals surface area (Å²) in [5, 5.41) is 10.7. The van der Waals surface area contributed by atoms with Crippen molar-refractivity contribution < 1.29 is 27.6 Å². The first kappa shape index (κ1) is 16.5. The summed E-state index contributed by atoms with van der Waals surface area (Å²) in [6.07, 6.45) is -4.69. The maximum absolute atomic E-state index is 12.9. The second kappa shape index (κ2) is 6.07. The molecule has 0 amide bonds. The summed E-state index contributed by atoms with van der Waals surface area (Å²) in [7, 11) is 0. The Morgan fingerprint density at radius 1 is 1.17 bits per heavy atom. The van der Waals surface area contributed by atoms with Gasteiger partial charge >= 0.3 is 12.1 Å². The van der Waals surface area contributed by atoms with Crippen LogP contribution in [0.1, 0.15) is 21.5 Å². The summed E-state index contributed by atoms with van der Waals surface area (Å²) >= 11 is 0. The quantitative estimate of drug-likeness (QED) is 0.368. The normalized spacial score (nSPS) is 11.1. The van der Waals surface area contributed by atoms with Crippen molar-refractivity contribution in [1.29, 1.82) is 0 Å². The van der Waals surface area contributed by atoms with Gasteiger partial charge in [0.15, 0.2) is 0 Å². The Hall–Kier alpha value is -2.90. The van der Waals surface area contributed by atoms with Crippen LogP contribution >= 0.6 is 0 Å². The fraction of sp³-hybridized carbons (Fsp3) is 0.133. The molecule has 2 aromatic carbocycles. The monoisotopic (exact) mass is 325 g/mol. The molecule has 0 saturated heterocycles. The number of benzene rings is 2. The number of hydrogen-bond acceptors (Lipinski definition) is 4. The van der Waals surface area contributed by atoms with Crippen LogP contribution in [0.25, 0.3) is 0 Å². The summed E-state index contributed by atoms with van der Waals surface area (Å²) in [4.78, 5) is 22.1. The average molecular weight is 325 g/mol. The smallest absolute Gasteiger partial charge is 0.419 e. The molecular weight excluding hydrogens is 315 g/mol. The highest BCUT2D eigenvalue weighted by molar-refractivity contribution is 5.93. The van der Waals surface area contributed by atoms with E-state index in [0.29, 0.717) is 5.56 Å². The predicted molar refractivity (Wildman–Crippen MR) is 74.2 cm³/mol. The Balaban J connectivity index is 2.38. The van der Waals surface area contributed by atoms with Crippen LogP contribution in [0.4, 0.5) is 18.9 Å². The maximum atomic E-state index is 12.9. The van der Waals surface area contributed by atoms with E-state index >= 15 is 0 Å². The van der Waals surface area contributed by atoms with Crippen LogP contribution in [0.5, 0.6) is 5.75 Å². The molecule has 0 aliphatic carbocycles. The van der Waals surface area contributed by atoms with Gasteiger partial charge in [0.2, 0.25) is 0 Å². The number of hydrogen-bond donors (Lipinski definition) is 0. The van der Waals surface area contributed by atoms with E-state index in [4.69, 9.17) is 4.74 Å². The van der Waals surface area contributed by atoms with Crippen molar-refractivity contribution in [2.24, 2.45) is 0 Å². The first-order valence-electron chi connectivity index (χ1n) is 6.33. The number of esters is 1. The molecule has 2 rings (SSSR count). The molecule has 0 N–H and O–H groups in total. The number of ether oxygens (including phenoxy) is 1. The number of aryl methyl sites for hydroxylation is 1. The van der Waals surface area contributed by atoms with E-state index < -0.39 is 28.4 Å². The van der Waals surface area contributed by atoms with E-state index in [9.17, 15) is 28.1 Å². The first-order chi connectivity index (χ1) is 10.7. The van der Waals surface area contributed by atoms with Crippen molar-refractivity contribution in [3.8, 4) is 5.75 Å². The summed E-state index contributed by atoms with van der Waals surface area (Å²) in [6.45, 7) is 1.50. The van der Waals surface area contributed by atoms with Crippen LogP contribution in [-0.2, 0) is 6.18 Å². The molecule has 23 heavy (non-hydrogen) atoms. The Morgan fingerprint density at radius 3 is 2.43 bits per heavy atom. The molecule has 0 aromatic heterocycles. The number of carbonyl (C=O) groups excluding carboxylic acids is 1. The molecule has 8 heteroatoms. The van der Waals surface area contributed by atoms with Crippen LogP contribution < -0.4 is 4.74 Å². The molecule has 5 nitrogen and oxygen atoms in total. The number of alkyl halides is 3. The van der Waals surface area contributed by atoms with Crippen molar-refractivity contribution >= 4 is 11.7 Å². The summed E-state index contributed by atoms with van der Waals surface area (Å²) in [6, 6.07) is 7.72. The second-order valence-corrected chi connectivity index (χ2v) is 4.64. The van der Waals surface area contributed by atoms with Gasteiger partial charge in [-0.05, 0) is 24.6 Å². The van der Waals surface area contributed by atoms with E-state index in [0.717, 1.165) is 18.2 Å². The Morgan fingerprint density at radius 2 is 1.83 bits per heavy atom. The molecule has 0 aliphatic heterocycles. The number of non-ortho nitro benzene ring substituents is 1. The minimum absolute atomic E-state index is 0.170. The third-order valence-electron chi connectivity index (χ3n) is 3.05. The van der Waals surface area contributed by atoms with Crippen molar-refractivity contribution in [2.45, 2.75) is 13.1 Å². The van der Waals surface area contributed by atoms with E-state index in [1.54, 1.807) is 0 Å². The molecule has 0 fully saturated rings. The molecule has 0 radical (unpaired) electrons. The van der Waals surface area contributed by atoms with Crippen molar-refractivity contribution in [3.63, 3.8) is 0 Å². The third-order valence-corrected chi connectivity index (χ3v) is 3.05. The summed E-state index contributed by atoms with van der Waals surface area (Å²) in [5.74, 6) is -1.75. The molecule has 0 aliphatic rings. The van der Waals surface area contributed by atoms with Crippen molar-refractivity contribution in [3.05, 3.63) is 69.3 Å². The summed E-state index contributed by atoms with van der Waals surface area (Å²) < 4.78 is 43.4. The van der Waals surface area contributed by atoms with Gasteiger partial charge in [-0.1, -0.05) is 18.2 Å². The highest BCUT2D eigenvalue weighted by Crippen LogP contribution is 2.36. The SMILES string of the molecule is Cc1ccc([N+](=O)[O-])cc1C(=O)Oc1ccccc1C(F)(F)F. The van der Waals surface area contributed by atoms with Gasteiger partial charge in [0.25, 0.3) is 5.69 Å². The number of nitro benzene ring substituents is 1. The van der Waals surface area contributed by atoms with Gasteiger partial charge in [0.1, 0.15) is 5.75 Å². The number of rotatable bonds is 3. The van der Waals surface area contributed by atoms with Crippen LogP contribution in [0.2, 0.25) is 0 Å². The minimum Gasteiger partial charge on any atom is -0.422 e. The molecule has 0 heterocycles. The standard InChI is InChI=1S/C15H10F3NO4/c1-9-6-7-10(19(21)22)8-11(9)14(20)23-13-5-3-2-4-12(13)15(16,17)18/h2-8H,1H3. The molecular formula is C15H10F3NO4. The van der Waals surface area contributed by atoms with Crippen LogP contribution in [0.15, 0.2) is 42.5 Å². The Kier molecular flexibility index (Phi) is 4.35. The molecule has 0 saturated carbocycles. The lowest BCUT2D eigenvalue weighted by Gasteiger charge is -2.13. The maximum Gasteiger partial charge on any atom is 0.419 e. The van der Waals surface area contributed by atoms with Crippen LogP contribution in [0, 0.1) is 17.0 Å². The molecule has 0 unspecified atom stereocenters. The second-order valence-electron chi connectivity index (χ2n) is 4.64. The zero-order valence-electron chi connectivity index (χ0n) is 11.8. The van der Waals surface area contributed by atoms with E-state index in [2.05, 4.69) is 0 Å². The Bertz CT molecular complexity index is 772. The lowest BCUT2D eigenvalue weighted by Crippen LogP contribution is -2.14. The number of nitro groups is 1. The first-order valence-corrected chi connectivity index (χ1v) is 6.33. The van der Waals surface area contributed by atoms with E-state index in [1.165, 1.54) is 31.2 Å². The highest BCUT2D eigenvalue weighted by Gasteiger charge is 2.34. The van der Waals surface area contributed by atoms with E-state index in [-0.39, 0.29) is 11.3 Å². The fourth-order valence-electron chi connectivity index (χ4n) is 1.89. The summed E-state index contributed by atoms with van der Waals surface area (Å²) in [5.41, 5.74) is -1.27. The predicted octanol–water partition coefficient (Wildman–Crippen LogP) is 4.14.